The van der Waals surface area contributed by atoms with Crippen LogP contribution in [0.3, 0.4) is 0 Å². The van der Waals surface area contributed by atoms with Crippen molar-refractivity contribution < 1.29 is 9.53 Å². The van der Waals surface area contributed by atoms with E-state index in [1.54, 1.807) is 0 Å². The predicted molar refractivity (Wildman–Crippen MR) is 66.9 cm³/mol. The summed E-state index contributed by atoms with van der Waals surface area (Å²) in [6.07, 6.45) is 3.47. The summed E-state index contributed by atoms with van der Waals surface area (Å²) >= 11 is 0. The second kappa shape index (κ2) is 4.49. The summed E-state index contributed by atoms with van der Waals surface area (Å²) in [5, 5.41) is 0. The van der Waals surface area contributed by atoms with Crippen molar-refractivity contribution in [3.8, 4) is 0 Å². The maximum absolute atomic E-state index is 11.5. The van der Waals surface area contributed by atoms with Crippen LogP contribution in [0.15, 0.2) is 18.2 Å². The first-order valence-electron chi connectivity index (χ1n) is 5.98. The van der Waals surface area contributed by atoms with Crippen LogP contribution >= 0.6 is 0 Å². The maximum Gasteiger partial charge on any atom is 0.338 e. The second-order valence-corrected chi connectivity index (χ2v) is 5.02. The lowest BCUT2D eigenvalue weighted by atomic mass is 9.94. The fourth-order valence-electron chi connectivity index (χ4n) is 2.24. The van der Waals surface area contributed by atoms with E-state index in [0.717, 1.165) is 18.5 Å². The van der Waals surface area contributed by atoms with Crippen molar-refractivity contribution in [2.45, 2.75) is 26.2 Å². The lowest BCUT2D eigenvalue weighted by molar-refractivity contribution is 0.0600. The smallest absolute Gasteiger partial charge is 0.338 e. The van der Waals surface area contributed by atoms with Crippen molar-refractivity contribution in [1.29, 1.82) is 0 Å². The van der Waals surface area contributed by atoms with Crippen LogP contribution in [0.25, 0.3) is 0 Å². The molecule has 0 aliphatic heterocycles. The molecule has 1 fully saturated rings. The third-order valence-corrected chi connectivity index (χ3v) is 3.67. The summed E-state index contributed by atoms with van der Waals surface area (Å²) in [5.74, 6) is -0.269. The van der Waals surface area contributed by atoms with Gasteiger partial charge in [0.25, 0.3) is 0 Å². The molecule has 0 heterocycles. The molecular formula is C14H19NO2. The SMILES string of the molecule is COC(=O)c1ccc(CC2(CN)CC2)cc1C. The van der Waals surface area contributed by atoms with Gasteiger partial charge in [0.15, 0.2) is 0 Å². The average molecular weight is 233 g/mol. The molecule has 3 nitrogen and oxygen atoms in total. The third-order valence-electron chi connectivity index (χ3n) is 3.67. The highest BCUT2D eigenvalue weighted by molar-refractivity contribution is 5.90. The summed E-state index contributed by atoms with van der Waals surface area (Å²) in [5.41, 5.74) is 9.00. The van der Waals surface area contributed by atoms with Crippen LogP contribution in [0.1, 0.15) is 34.3 Å². The van der Waals surface area contributed by atoms with E-state index in [1.807, 2.05) is 19.1 Å². The molecule has 0 aromatic heterocycles. The number of hydrogen-bond acceptors (Lipinski definition) is 3. The standard InChI is InChI=1S/C14H19NO2/c1-10-7-11(8-14(9-15)5-6-14)3-4-12(10)13(16)17-2/h3-4,7H,5-6,8-9,15H2,1-2H3. The first-order valence-corrected chi connectivity index (χ1v) is 5.98. The number of esters is 1. The molecule has 0 atom stereocenters. The molecule has 2 N–H and O–H groups in total. The van der Waals surface area contributed by atoms with E-state index in [9.17, 15) is 4.79 Å². The van der Waals surface area contributed by atoms with Crippen molar-refractivity contribution in [3.05, 3.63) is 34.9 Å². The summed E-state index contributed by atoms with van der Waals surface area (Å²) in [6.45, 7) is 2.70. The third kappa shape index (κ3) is 2.50. The van der Waals surface area contributed by atoms with E-state index in [4.69, 9.17) is 10.5 Å². The molecule has 0 radical (unpaired) electrons. The van der Waals surface area contributed by atoms with Gasteiger partial charge in [-0.15, -0.1) is 0 Å². The van der Waals surface area contributed by atoms with Gasteiger partial charge in [0, 0.05) is 0 Å². The van der Waals surface area contributed by atoms with Crippen LogP contribution < -0.4 is 5.73 Å². The van der Waals surface area contributed by atoms with Gasteiger partial charge in [-0.1, -0.05) is 12.1 Å². The summed E-state index contributed by atoms with van der Waals surface area (Å²) < 4.78 is 4.73. The Morgan fingerprint density at radius 2 is 2.18 bits per heavy atom. The number of ether oxygens (including phenoxy) is 1. The molecule has 1 aromatic rings. The van der Waals surface area contributed by atoms with Gasteiger partial charge in [0.1, 0.15) is 0 Å². The van der Waals surface area contributed by atoms with E-state index < -0.39 is 0 Å². The number of carbonyl (C=O) groups excluding carboxylic acids is 1. The van der Waals surface area contributed by atoms with E-state index in [2.05, 4.69) is 6.07 Å². The van der Waals surface area contributed by atoms with Crippen LogP contribution in [0.4, 0.5) is 0 Å². The monoisotopic (exact) mass is 233 g/mol. The minimum atomic E-state index is -0.269. The van der Waals surface area contributed by atoms with Crippen molar-refractivity contribution in [2.75, 3.05) is 13.7 Å². The Balaban J connectivity index is 2.16. The predicted octanol–water partition coefficient (Wildman–Crippen LogP) is 2.06. The average Bonchev–Trinajstić information content (AvgIpc) is 3.09. The van der Waals surface area contributed by atoms with E-state index in [1.165, 1.54) is 25.5 Å². The number of aryl methyl sites for hydroxylation is 1. The number of rotatable bonds is 4. The molecule has 1 aliphatic rings. The fraction of sp³-hybridized carbons (Fsp3) is 0.500. The number of benzene rings is 1. The normalized spacial score (nSPS) is 16.6. The maximum atomic E-state index is 11.5. The van der Waals surface area contributed by atoms with Crippen molar-refractivity contribution in [2.24, 2.45) is 11.1 Å². The Morgan fingerprint density at radius 3 is 2.65 bits per heavy atom. The first kappa shape index (κ1) is 12.1. The van der Waals surface area contributed by atoms with Gasteiger partial charge in [-0.25, -0.2) is 4.79 Å². The molecule has 1 aromatic carbocycles. The minimum Gasteiger partial charge on any atom is -0.465 e. The molecule has 0 spiro atoms. The zero-order valence-corrected chi connectivity index (χ0v) is 10.5. The zero-order valence-electron chi connectivity index (χ0n) is 10.5. The fourth-order valence-corrected chi connectivity index (χ4v) is 2.24. The number of carbonyl (C=O) groups is 1. The van der Waals surface area contributed by atoms with Crippen LogP contribution in [-0.2, 0) is 11.2 Å². The van der Waals surface area contributed by atoms with Gasteiger partial charge in [-0.2, -0.15) is 0 Å². The van der Waals surface area contributed by atoms with Crippen LogP contribution in [0.5, 0.6) is 0 Å². The van der Waals surface area contributed by atoms with E-state index in [-0.39, 0.29) is 5.97 Å². The summed E-state index contributed by atoms with van der Waals surface area (Å²) in [6, 6.07) is 5.93. The topological polar surface area (TPSA) is 52.3 Å². The number of hydrogen-bond donors (Lipinski definition) is 1. The molecule has 1 saturated carbocycles. The summed E-state index contributed by atoms with van der Waals surface area (Å²) in [7, 11) is 1.41. The van der Waals surface area contributed by atoms with Gasteiger partial charge in [0.2, 0.25) is 0 Å². The Bertz CT molecular complexity index is 436. The molecule has 0 amide bonds. The molecule has 1 aliphatic carbocycles. The first-order chi connectivity index (χ1) is 8.10. The second-order valence-electron chi connectivity index (χ2n) is 5.02. The lowest BCUT2D eigenvalue weighted by Gasteiger charge is -2.13. The minimum absolute atomic E-state index is 0.269. The molecule has 0 saturated heterocycles. The number of methoxy groups -OCH3 is 1. The highest BCUT2D eigenvalue weighted by atomic mass is 16.5. The van der Waals surface area contributed by atoms with Gasteiger partial charge < -0.3 is 10.5 Å². The molecule has 2 rings (SSSR count). The van der Waals surface area contributed by atoms with Crippen molar-refractivity contribution >= 4 is 5.97 Å². The van der Waals surface area contributed by atoms with E-state index >= 15 is 0 Å². The Labute approximate surface area is 102 Å². The summed E-state index contributed by atoms with van der Waals surface area (Å²) in [4.78, 5) is 11.5. The van der Waals surface area contributed by atoms with Crippen LogP contribution in [0, 0.1) is 12.3 Å². The van der Waals surface area contributed by atoms with E-state index in [0.29, 0.717) is 11.0 Å². The van der Waals surface area contributed by atoms with Crippen LogP contribution in [0.2, 0.25) is 0 Å². The Kier molecular flexibility index (Phi) is 3.20. The molecule has 0 bridgehead atoms. The Morgan fingerprint density at radius 1 is 1.47 bits per heavy atom. The van der Waals surface area contributed by atoms with Crippen molar-refractivity contribution in [1.82, 2.24) is 0 Å². The van der Waals surface area contributed by atoms with Crippen LogP contribution in [-0.4, -0.2) is 19.6 Å². The van der Waals surface area contributed by atoms with Crippen molar-refractivity contribution in [3.63, 3.8) is 0 Å². The largest absolute Gasteiger partial charge is 0.465 e. The molecule has 0 unspecified atom stereocenters. The van der Waals surface area contributed by atoms with Gasteiger partial charge in [-0.3, -0.25) is 0 Å². The highest BCUT2D eigenvalue weighted by Gasteiger charge is 2.40. The molecule has 3 heteroatoms. The Hall–Kier alpha value is -1.35. The lowest BCUT2D eigenvalue weighted by Crippen LogP contribution is -2.18. The quantitative estimate of drug-likeness (QED) is 0.810. The van der Waals surface area contributed by atoms with Gasteiger partial charge in [-0.05, 0) is 55.3 Å². The van der Waals surface area contributed by atoms with Gasteiger partial charge in [0.05, 0.1) is 12.7 Å². The molecule has 92 valence electrons. The zero-order chi connectivity index (χ0) is 12.5. The number of nitrogens with two attached hydrogens (primary N) is 1. The molecule has 17 heavy (non-hydrogen) atoms. The highest BCUT2D eigenvalue weighted by Crippen LogP contribution is 2.47. The molecular weight excluding hydrogens is 214 g/mol. The van der Waals surface area contributed by atoms with Gasteiger partial charge >= 0.3 is 5.97 Å².